The lowest BCUT2D eigenvalue weighted by atomic mass is 10.2. The molecule has 0 aliphatic carbocycles. The Labute approximate surface area is 203 Å². The number of carbonyl (C=O) groups excluding carboxylic acids is 2. The summed E-state index contributed by atoms with van der Waals surface area (Å²) in [5.41, 5.74) is 2.39. The van der Waals surface area contributed by atoms with Crippen molar-refractivity contribution in [3.05, 3.63) is 36.2 Å². The fourth-order valence-corrected chi connectivity index (χ4v) is 3.58. The third-order valence-electron chi connectivity index (χ3n) is 5.26. The number of imidazole rings is 1. The van der Waals surface area contributed by atoms with Gasteiger partial charge < -0.3 is 19.5 Å². The molecule has 0 atom stereocenters. The van der Waals surface area contributed by atoms with Crippen LogP contribution in [0.25, 0.3) is 11.0 Å². The second-order valence-electron chi connectivity index (χ2n) is 7.52. The number of nitrogens with one attached hydrogen (secondary N) is 2. The molecule has 0 saturated heterocycles. The Kier molecular flexibility index (Phi) is 9.17. The molecule has 2 N–H and O–H groups in total. The van der Waals surface area contributed by atoms with Crippen molar-refractivity contribution >= 4 is 52.0 Å². The highest BCUT2D eigenvalue weighted by Gasteiger charge is 2.16. The van der Waals surface area contributed by atoms with Crippen molar-refractivity contribution in [3.8, 4) is 0 Å². The lowest BCUT2D eigenvalue weighted by molar-refractivity contribution is -0.116. The summed E-state index contributed by atoms with van der Waals surface area (Å²) in [6, 6.07) is 5.43. The van der Waals surface area contributed by atoms with Gasteiger partial charge in [0.25, 0.3) is 5.91 Å². The zero-order valence-electron chi connectivity index (χ0n) is 19.7. The molecule has 3 aromatic rings. The number of carbonyl (C=O) groups is 2. The average molecular weight is 488 g/mol. The molecule has 2 amide bonds. The van der Waals surface area contributed by atoms with E-state index in [9.17, 15) is 9.59 Å². The first kappa shape index (κ1) is 25.4. The van der Waals surface area contributed by atoms with Gasteiger partial charge in [0, 0.05) is 57.1 Å². The molecule has 11 heteroatoms. The zero-order valence-corrected chi connectivity index (χ0v) is 20.4. The maximum absolute atomic E-state index is 12.9. The number of halogens is 1. The molecule has 3 rings (SSSR count). The molecule has 0 saturated carbocycles. The van der Waals surface area contributed by atoms with Crippen LogP contribution in [0.15, 0.2) is 30.6 Å². The lowest BCUT2D eigenvalue weighted by Crippen LogP contribution is -2.24. The minimum Gasteiger partial charge on any atom is -0.383 e. The third kappa shape index (κ3) is 6.21. The normalized spacial score (nSPS) is 10.9. The highest BCUT2D eigenvalue weighted by Crippen LogP contribution is 2.24. The number of amides is 2. The average Bonchev–Trinajstić information content (AvgIpc) is 3.18. The van der Waals surface area contributed by atoms with E-state index in [0.717, 1.165) is 18.6 Å². The van der Waals surface area contributed by atoms with Crippen LogP contribution in [0.3, 0.4) is 0 Å². The maximum Gasteiger partial charge on any atom is 0.261 e. The second-order valence-corrected chi connectivity index (χ2v) is 7.90. The third-order valence-corrected chi connectivity index (χ3v) is 5.53. The number of ether oxygens (including phenoxy) is 1. The number of hydrogen-bond donors (Lipinski definition) is 2. The summed E-state index contributed by atoms with van der Waals surface area (Å²) in [6.07, 6.45) is 3.97. The smallest absolute Gasteiger partial charge is 0.261 e. The first-order chi connectivity index (χ1) is 16.5. The number of hydrogen-bond acceptors (Lipinski definition) is 7. The van der Waals surface area contributed by atoms with Gasteiger partial charge >= 0.3 is 0 Å². The minimum absolute atomic E-state index is 0.111. The molecule has 2 heterocycles. The molecular formula is C23H30ClN7O3. The van der Waals surface area contributed by atoms with E-state index in [1.165, 1.54) is 12.4 Å². The van der Waals surface area contributed by atoms with Crippen molar-refractivity contribution in [2.45, 2.75) is 33.2 Å². The van der Waals surface area contributed by atoms with E-state index in [-0.39, 0.29) is 11.8 Å². The van der Waals surface area contributed by atoms with E-state index in [4.69, 9.17) is 16.3 Å². The van der Waals surface area contributed by atoms with Crippen LogP contribution >= 0.6 is 11.6 Å². The predicted octanol–water partition coefficient (Wildman–Crippen LogP) is 3.53. The van der Waals surface area contributed by atoms with Gasteiger partial charge in [0.1, 0.15) is 0 Å². The van der Waals surface area contributed by atoms with Crippen molar-refractivity contribution in [2.24, 2.45) is 0 Å². The van der Waals surface area contributed by atoms with E-state index >= 15 is 0 Å². The quantitative estimate of drug-likeness (QED) is 0.375. The van der Waals surface area contributed by atoms with E-state index in [1.807, 2.05) is 29.4 Å². The summed E-state index contributed by atoms with van der Waals surface area (Å²) < 4.78 is 7.09. The molecule has 0 radical (unpaired) electrons. The number of benzene rings is 1. The Morgan fingerprint density at radius 2 is 1.88 bits per heavy atom. The Balaban J connectivity index is 1.83. The molecule has 0 aliphatic rings. The van der Waals surface area contributed by atoms with Gasteiger partial charge in [-0.25, -0.2) is 15.0 Å². The van der Waals surface area contributed by atoms with E-state index in [0.29, 0.717) is 60.5 Å². The minimum atomic E-state index is -0.366. The van der Waals surface area contributed by atoms with Gasteiger partial charge in [-0.3, -0.25) is 14.9 Å². The van der Waals surface area contributed by atoms with Crippen LogP contribution in [0, 0.1) is 0 Å². The van der Waals surface area contributed by atoms with Crippen LogP contribution in [0.2, 0.25) is 0 Å². The molecule has 0 spiro atoms. The van der Waals surface area contributed by atoms with Crippen molar-refractivity contribution in [1.29, 1.82) is 0 Å². The zero-order chi connectivity index (χ0) is 24.5. The largest absolute Gasteiger partial charge is 0.383 e. The van der Waals surface area contributed by atoms with Gasteiger partial charge in [0.05, 0.1) is 23.2 Å². The van der Waals surface area contributed by atoms with Crippen LogP contribution in [0.1, 0.15) is 37.0 Å². The number of rotatable bonds is 12. The molecule has 0 bridgehead atoms. The monoisotopic (exact) mass is 487 g/mol. The Hall–Kier alpha value is -3.24. The van der Waals surface area contributed by atoms with Crippen LogP contribution in [-0.2, 0) is 16.1 Å². The number of anilines is 3. The number of aromatic nitrogens is 4. The summed E-state index contributed by atoms with van der Waals surface area (Å²) in [7, 11) is 1.61. The van der Waals surface area contributed by atoms with Gasteiger partial charge in [-0.1, -0.05) is 0 Å². The van der Waals surface area contributed by atoms with Gasteiger partial charge in [0.2, 0.25) is 17.8 Å². The molecule has 0 aliphatic heterocycles. The number of nitrogens with zero attached hydrogens (tertiary/aromatic N) is 5. The summed E-state index contributed by atoms with van der Waals surface area (Å²) in [4.78, 5) is 40.2. The number of methoxy groups -OCH3 is 1. The fourth-order valence-electron chi connectivity index (χ4n) is 3.44. The van der Waals surface area contributed by atoms with E-state index in [1.54, 1.807) is 19.2 Å². The topological polar surface area (TPSA) is 114 Å². The second kappa shape index (κ2) is 12.3. The van der Waals surface area contributed by atoms with Crippen molar-refractivity contribution < 1.29 is 14.3 Å². The highest BCUT2D eigenvalue weighted by molar-refractivity contribution is 6.18. The summed E-state index contributed by atoms with van der Waals surface area (Å²) in [5, 5.41) is 5.70. The summed E-state index contributed by atoms with van der Waals surface area (Å²) in [6.45, 7) is 6.53. The Morgan fingerprint density at radius 1 is 1.15 bits per heavy atom. The van der Waals surface area contributed by atoms with E-state index < -0.39 is 0 Å². The fraction of sp³-hybridized carbons (Fsp3) is 0.435. The Morgan fingerprint density at radius 3 is 2.53 bits per heavy atom. The lowest BCUT2D eigenvalue weighted by Gasteiger charge is -2.18. The van der Waals surface area contributed by atoms with E-state index in [2.05, 4.69) is 25.6 Å². The van der Waals surface area contributed by atoms with Crippen LogP contribution in [0.5, 0.6) is 0 Å². The maximum atomic E-state index is 12.9. The number of fused-ring (bicyclic) bond motifs is 1. The first-order valence-corrected chi connectivity index (χ1v) is 11.8. The van der Waals surface area contributed by atoms with Crippen molar-refractivity contribution in [2.75, 3.05) is 48.2 Å². The number of alkyl halides is 1. The van der Waals surface area contributed by atoms with Crippen molar-refractivity contribution in [3.63, 3.8) is 0 Å². The van der Waals surface area contributed by atoms with Crippen molar-refractivity contribution in [1.82, 2.24) is 19.5 Å². The SMILES string of the molecule is CCN(CC)c1ncc(C(=O)Nc2nc3cc(NC(=O)CCCCl)ccc3n2CCOC)cn1. The van der Waals surface area contributed by atoms with Crippen LogP contribution < -0.4 is 15.5 Å². The van der Waals surface area contributed by atoms with Gasteiger partial charge in [-0.15, -0.1) is 11.6 Å². The molecule has 182 valence electrons. The molecule has 2 aromatic heterocycles. The molecular weight excluding hydrogens is 458 g/mol. The van der Waals surface area contributed by atoms with Crippen LogP contribution in [0.4, 0.5) is 17.6 Å². The molecule has 34 heavy (non-hydrogen) atoms. The standard InChI is InChI=1S/C23H30ClN7O3/c1-4-30(5-2)22-25-14-16(15-26-22)21(33)29-23-28-18-13-17(27-20(32)7-6-10-24)8-9-19(18)31(23)11-12-34-3/h8-9,13-15H,4-7,10-12H2,1-3H3,(H,27,32)(H,28,29,33). The first-order valence-electron chi connectivity index (χ1n) is 11.2. The Bertz CT molecular complexity index is 1110. The van der Waals surface area contributed by atoms with Gasteiger partial charge in [-0.2, -0.15) is 0 Å². The van der Waals surface area contributed by atoms with Gasteiger partial charge in [-0.05, 0) is 38.5 Å². The molecule has 0 fully saturated rings. The van der Waals surface area contributed by atoms with Crippen LogP contribution in [-0.4, -0.2) is 64.0 Å². The molecule has 1 aromatic carbocycles. The predicted molar refractivity (Wildman–Crippen MR) is 134 cm³/mol. The molecule has 0 unspecified atom stereocenters. The summed E-state index contributed by atoms with van der Waals surface area (Å²) >= 11 is 5.66. The molecule has 10 nitrogen and oxygen atoms in total. The summed E-state index contributed by atoms with van der Waals surface area (Å²) in [5.74, 6) is 0.906. The van der Waals surface area contributed by atoms with Gasteiger partial charge in [0.15, 0.2) is 0 Å². The highest BCUT2D eigenvalue weighted by atomic mass is 35.5.